The second-order valence-corrected chi connectivity index (χ2v) is 7.09. The Morgan fingerprint density at radius 3 is 3.10 bits per heavy atom. The lowest BCUT2D eigenvalue weighted by molar-refractivity contribution is -0.141. The minimum Gasteiger partial charge on any atom is -0.468 e. The molecule has 0 amide bonds. The standard InChI is InChI=1S/C20H24N8O2/c1-30-18(29)12-28-20(24-25-26-28)19(23-7-2-9-27-10-8-22-13-27)15-4-3-14-5-6-17(21)16(14)11-15/h3-6,8,10-11,13,17,19,23H,2,7,9,12,21H2,1H3. The summed E-state index contributed by atoms with van der Waals surface area (Å²) in [4.78, 5) is 15.8. The van der Waals surface area contributed by atoms with Gasteiger partial charge >= 0.3 is 5.97 Å². The molecule has 0 saturated carbocycles. The number of nitrogens with zero attached hydrogens (tertiary/aromatic N) is 6. The average molecular weight is 408 g/mol. The predicted octanol–water partition coefficient (Wildman–Crippen LogP) is 0.839. The number of esters is 1. The number of aromatic nitrogens is 6. The van der Waals surface area contributed by atoms with Gasteiger partial charge in [0.1, 0.15) is 6.54 Å². The third kappa shape index (κ3) is 4.29. The highest BCUT2D eigenvalue weighted by molar-refractivity contribution is 5.68. The van der Waals surface area contributed by atoms with Gasteiger partial charge in [-0.25, -0.2) is 9.67 Å². The second-order valence-electron chi connectivity index (χ2n) is 7.09. The molecule has 0 fully saturated rings. The maximum Gasteiger partial charge on any atom is 0.327 e. The number of benzene rings is 1. The van der Waals surface area contributed by atoms with Crippen molar-refractivity contribution in [2.24, 2.45) is 5.73 Å². The smallest absolute Gasteiger partial charge is 0.327 e. The molecule has 0 aliphatic heterocycles. The Kier molecular flexibility index (Phi) is 5.96. The van der Waals surface area contributed by atoms with Crippen LogP contribution in [0.3, 0.4) is 0 Å². The molecule has 0 spiro atoms. The van der Waals surface area contributed by atoms with Gasteiger partial charge in [0.2, 0.25) is 0 Å². The Hall–Kier alpha value is -3.37. The molecule has 2 unspecified atom stereocenters. The van der Waals surface area contributed by atoms with Crippen molar-refractivity contribution in [1.82, 2.24) is 35.1 Å². The molecule has 10 nitrogen and oxygen atoms in total. The number of ether oxygens (including phenoxy) is 1. The molecule has 0 saturated heterocycles. The fraction of sp³-hybridized carbons (Fsp3) is 0.350. The van der Waals surface area contributed by atoms with Crippen LogP contribution in [0.2, 0.25) is 0 Å². The number of tetrazole rings is 1. The summed E-state index contributed by atoms with van der Waals surface area (Å²) in [6.45, 7) is 1.50. The lowest BCUT2D eigenvalue weighted by atomic mass is 9.98. The topological polar surface area (TPSA) is 126 Å². The van der Waals surface area contributed by atoms with E-state index in [0.29, 0.717) is 5.82 Å². The molecule has 3 aromatic rings. The SMILES string of the molecule is COC(=O)Cn1nnnc1C(NCCCn1ccnc1)c1ccc2c(c1)C(N)C=C2. The Bertz CT molecular complexity index is 1030. The minimum absolute atomic E-state index is 0.0575. The van der Waals surface area contributed by atoms with E-state index >= 15 is 0 Å². The molecule has 3 N–H and O–H groups in total. The fourth-order valence-corrected chi connectivity index (χ4v) is 3.53. The number of methoxy groups -OCH3 is 1. The van der Waals surface area contributed by atoms with Crippen LogP contribution in [0.25, 0.3) is 6.08 Å². The lowest BCUT2D eigenvalue weighted by Crippen LogP contribution is -2.29. The molecule has 2 atom stereocenters. The molecule has 1 aliphatic carbocycles. The van der Waals surface area contributed by atoms with Gasteiger partial charge in [-0.15, -0.1) is 5.10 Å². The summed E-state index contributed by atoms with van der Waals surface area (Å²) < 4.78 is 8.26. The van der Waals surface area contributed by atoms with Gasteiger partial charge in [0.25, 0.3) is 0 Å². The molecule has 4 rings (SSSR count). The molecule has 10 heteroatoms. The highest BCUT2D eigenvalue weighted by Crippen LogP contribution is 2.30. The van der Waals surface area contributed by atoms with Gasteiger partial charge < -0.3 is 20.4 Å². The van der Waals surface area contributed by atoms with Crippen LogP contribution in [0.4, 0.5) is 0 Å². The first-order valence-corrected chi connectivity index (χ1v) is 9.75. The van der Waals surface area contributed by atoms with Gasteiger partial charge in [-0.05, 0) is 40.1 Å². The summed E-state index contributed by atoms with van der Waals surface area (Å²) in [7, 11) is 1.34. The fourth-order valence-electron chi connectivity index (χ4n) is 3.53. The number of aryl methyl sites for hydroxylation is 1. The average Bonchev–Trinajstić information content (AvgIpc) is 3.51. The molecule has 0 radical (unpaired) electrons. The number of imidazole rings is 1. The predicted molar refractivity (Wildman–Crippen MR) is 109 cm³/mol. The first kappa shape index (κ1) is 19.9. The van der Waals surface area contributed by atoms with E-state index in [-0.39, 0.29) is 18.6 Å². The van der Waals surface area contributed by atoms with Gasteiger partial charge in [-0.2, -0.15) is 0 Å². The zero-order valence-corrected chi connectivity index (χ0v) is 16.7. The molecule has 30 heavy (non-hydrogen) atoms. The van der Waals surface area contributed by atoms with Crippen LogP contribution in [0.1, 0.15) is 41.0 Å². The number of rotatable bonds is 9. The van der Waals surface area contributed by atoms with Gasteiger partial charge in [0.05, 0.1) is 19.5 Å². The number of fused-ring (bicyclic) bond motifs is 1. The number of carbonyl (C=O) groups excluding carboxylic acids is 1. The van der Waals surface area contributed by atoms with Gasteiger partial charge in [0, 0.05) is 25.0 Å². The highest BCUT2D eigenvalue weighted by Gasteiger charge is 2.24. The van der Waals surface area contributed by atoms with Crippen molar-refractivity contribution in [2.75, 3.05) is 13.7 Å². The van der Waals surface area contributed by atoms with E-state index in [1.54, 1.807) is 12.5 Å². The zero-order chi connectivity index (χ0) is 20.9. The molecule has 156 valence electrons. The van der Waals surface area contributed by atoms with Gasteiger partial charge in [-0.1, -0.05) is 30.4 Å². The van der Waals surface area contributed by atoms with E-state index in [2.05, 4.69) is 31.9 Å². The molecule has 2 aromatic heterocycles. The summed E-state index contributed by atoms with van der Waals surface area (Å²) in [6, 6.07) is 5.72. The third-order valence-electron chi connectivity index (χ3n) is 5.11. The van der Waals surface area contributed by atoms with E-state index in [0.717, 1.165) is 36.2 Å². The minimum atomic E-state index is -0.414. The second kappa shape index (κ2) is 8.97. The van der Waals surface area contributed by atoms with Crippen LogP contribution in [-0.4, -0.2) is 49.4 Å². The van der Waals surface area contributed by atoms with Crippen molar-refractivity contribution in [1.29, 1.82) is 0 Å². The highest BCUT2D eigenvalue weighted by atomic mass is 16.5. The monoisotopic (exact) mass is 408 g/mol. The Labute approximate surface area is 173 Å². The number of nitrogens with two attached hydrogens (primary N) is 1. The van der Waals surface area contributed by atoms with Gasteiger partial charge in [0.15, 0.2) is 5.82 Å². The van der Waals surface area contributed by atoms with E-state index < -0.39 is 5.97 Å². The summed E-state index contributed by atoms with van der Waals surface area (Å²) in [5.74, 6) is 0.130. The summed E-state index contributed by atoms with van der Waals surface area (Å²) in [5, 5.41) is 15.5. The molecule has 2 heterocycles. The van der Waals surface area contributed by atoms with E-state index in [9.17, 15) is 4.79 Å². The maximum atomic E-state index is 11.8. The van der Waals surface area contributed by atoms with Crippen LogP contribution in [0, 0.1) is 0 Å². The first-order chi connectivity index (χ1) is 14.7. The molecule has 0 bridgehead atoms. The van der Waals surface area contributed by atoms with Crippen LogP contribution < -0.4 is 11.1 Å². The summed E-state index contributed by atoms with van der Waals surface area (Å²) >= 11 is 0. The van der Waals surface area contributed by atoms with Crippen LogP contribution in [0.15, 0.2) is 43.0 Å². The Morgan fingerprint density at radius 1 is 1.40 bits per heavy atom. The number of hydrogen-bond acceptors (Lipinski definition) is 8. The van der Waals surface area contributed by atoms with Crippen LogP contribution >= 0.6 is 0 Å². The Balaban J connectivity index is 1.56. The zero-order valence-electron chi connectivity index (χ0n) is 16.7. The van der Waals surface area contributed by atoms with E-state index in [4.69, 9.17) is 10.5 Å². The molecular weight excluding hydrogens is 384 g/mol. The quantitative estimate of drug-likeness (QED) is 0.394. The number of hydrogen-bond donors (Lipinski definition) is 2. The molecule has 1 aromatic carbocycles. The summed E-state index contributed by atoms with van der Waals surface area (Å²) in [6.07, 6.45) is 10.4. The van der Waals surface area contributed by atoms with Crippen molar-refractivity contribution in [3.8, 4) is 0 Å². The van der Waals surface area contributed by atoms with Crippen molar-refractivity contribution in [3.63, 3.8) is 0 Å². The normalized spacial score (nSPS) is 15.9. The van der Waals surface area contributed by atoms with Crippen molar-refractivity contribution < 1.29 is 9.53 Å². The number of carbonyl (C=O) groups is 1. The van der Waals surface area contributed by atoms with Crippen molar-refractivity contribution >= 4 is 12.0 Å². The molecule has 1 aliphatic rings. The van der Waals surface area contributed by atoms with E-state index in [1.165, 1.54) is 11.8 Å². The summed E-state index contributed by atoms with van der Waals surface area (Å²) in [5.41, 5.74) is 9.35. The van der Waals surface area contributed by atoms with Crippen molar-refractivity contribution in [2.45, 2.75) is 31.6 Å². The molecular formula is C20H24N8O2. The van der Waals surface area contributed by atoms with E-state index in [1.807, 2.05) is 35.0 Å². The first-order valence-electron chi connectivity index (χ1n) is 9.75. The van der Waals surface area contributed by atoms with Crippen LogP contribution in [-0.2, 0) is 22.6 Å². The van der Waals surface area contributed by atoms with Crippen LogP contribution in [0.5, 0.6) is 0 Å². The van der Waals surface area contributed by atoms with Gasteiger partial charge in [-0.3, -0.25) is 4.79 Å². The third-order valence-corrected chi connectivity index (χ3v) is 5.11. The van der Waals surface area contributed by atoms with Crippen molar-refractivity contribution in [3.05, 3.63) is 65.5 Å². The largest absolute Gasteiger partial charge is 0.468 e. The maximum absolute atomic E-state index is 11.8. The number of nitrogens with one attached hydrogen (secondary N) is 1. The lowest BCUT2D eigenvalue weighted by Gasteiger charge is -2.20. The Morgan fingerprint density at radius 2 is 2.30 bits per heavy atom.